The van der Waals surface area contributed by atoms with Gasteiger partial charge in [0.05, 0.1) is 5.71 Å². The van der Waals surface area contributed by atoms with Gasteiger partial charge in [0, 0.05) is 23.9 Å². The molecule has 1 aromatic rings. The minimum atomic E-state index is -0.0501. The summed E-state index contributed by atoms with van der Waals surface area (Å²) in [4.78, 5) is 8.44. The Morgan fingerprint density at radius 2 is 1.95 bits per heavy atom. The second kappa shape index (κ2) is 4.22. The number of halogens is 1. The third-order valence-electron chi connectivity index (χ3n) is 4.80. The SMILES string of the molecule is Clc1ccc(C2=NOC3(C2)CN2CCC3CC2)cc1. The third kappa shape index (κ3) is 1.87. The molecule has 4 heterocycles. The molecule has 19 heavy (non-hydrogen) atoms. The molecule has 5 rings (SSSR count). The first-order valence-corrected chi connectivity index (χ1v) is 7.36. The van der Waals surface area contributed by atoms with Crippen LogP contribution in [0.25, 0.3) is 0 Å². The summed E-state index contributed by atoms with van der Waals surface area (Å²) < 4.78 is 0. The van der Waals surface area contributed by atoms with Gasteiger partial charge in [0.25, 0.3) is 0 Å². The highest BCUT2D eigenvalue weighted by Gasteiger charge is 2.52. The summed E-state index contributed by atoms with van der Waals surface area (Å²) in [5, 5.41) is 5.14. The largest absolute Gasteiger partial charge is 0.387 e. The molecule has 4 aliphatic heterocycles. The first-order valence-electron chi connectivity index (χ1n) is 6.99. The topological polar surface area (TPSA) is 24.8 Å². The summed E-state index contributed by atoms with van der Waals surface area (Å²) in [5.41, 5.74) is 2.16. The highest BCUT2D eigenvalue weighted by Crippen LogP contribution is 2.44. The smallest absolute Gasteiger partial charge is 0.158 e. The number of rotatable bonds is 1. The maximum Gasteiger partial charge on any atom is 0.158 e. The normalized spacial score (nSPS) is 36.4. The van der Waals surface area contributed by atoms with E-state index in [1.54, 1.807) is 0 Å². The quantitative estimate of drug-likeness (QED) is 0.788. The number of fused-ring (bicyclic) bond motifs is 2. The molecule has 1 unspecified atom stereocenters. The molecule has 2 bridgehead atoms. The van der Waals surface area contributed by atoms with Crippen molar-refractivity contribution in [2.45, 2.75) is 24.9 Å². The monoisotopic (exact) mass is 276 g/mol. The van der Waals surface area contributed by atoms with Crippen LogP contribution in [0.1, 0.15) is 24.8 Å². The molecule has 4 heteroatoms. The van der Waals surface area contributed by atoms with Gasteiger partial charge in [0.1, 0.15) is 0 Å². The molecule has 0 aliphatic carbocycles. The van der Waals surface area contributed by atoms with Crippen LogP contribution < -0.4 is 0 Å². The lowest BCUT2D eigenvalue weighted by Gasteiger charge is -2.49. The van der Waals surface area contributed by atoms with Crippen molar-refractivity contribution in [2.75, 3.05) is 19.6 Å². The molecule has 1 atom stereocenters. The Labute approximate surface area is 118 Å². The minimum absolute atomic E-state index is 0.0501. The van der Waals surface area contributed by atoms with Gasteiger partial charge in [0.2, 0.25) is 0 Å². The summed E-state index contributed by atoms with van der Waals surface area (Å²) in [6.45, 7) is 3.50. The van der Waals surface area contributed by atoms with Crippen molar-refractivity contribution in [3.05, 3.63) is 34.9 Å². The Bertz CT molecular complexity index is 519. The standard InChI is InChI=1S/C15H17ClN2O/c16-13-3-1-11(2-4-13)14-9-15(19-17-14)10-18-7-5-12(15)6-8-18/h1-4,12H,5-10H2. The lowest BCUT2D eigenvalue weighted by atomic mass is 9.72. The first kappa shape index (κ1) is 11.7. The van der Waals surface area contributed by atoms with E-state index in [1.165, 1.54) is 25.9 Å². The van der Waals surface area contributed by atoms with Crippen molar-refractivity contribution in [2.24, 2.45) is 11.1 Å². The number of benzene rings is 1. The van der Waals surface area contributed by atoms with Gasteiger partial charge in [0.15, 0.2) is 5.60 Å². The second-order valence-corrected chi connectivity index (χ2v) is 6.36. The molecule has 0 aromatic heterocycles. The van der Waals surface area contributed by atoms with Crippen LogP contribution in [0.3, 0.4) is 0 Å². The Kier molecular flexibility index (Phi) is 2.61. The Balaban J connectivity index is 1.57. The summed E-state index contributed by atoms with van der Waals surface area (Å²) in [6, 6.07) is 7.90. The first-order chi connectivity index (χ1) is 9.25. The van der Waals surface area contributed by atoms with Gasteiger partial charge in [-0.25, -0.2) is 0 Å². The average Bonchev–Trinajstić information content (AvgIpc) is 2.85. The number of oxime groups is 1. The van der Waals surface area contributed by atoms with E-state index < -0.39 is 0 Å². The minimum Gasteiger partial charge on any atom is -0.387 e. The summed E-state index contributed by atoms with van der Waals surface area (Å²) >= 11 is 5.93. The third-order valence-corrected chi connectivity index (χ3v) is 5.06. The molecule has 0 saturated carbocycles. The van der Waals surface area contributed by atoms with Gasteiger partial charge in [-0.15, -0.1) is 0 Å². The summed E-state index contributed by atoms with van der Waals surface area (Å²) in [6.07, 6.45) is 3.45. The molecule has 0 radical (unpaired) electrons. The zero-order valence-electron chi connectivity index (χ0n) is 10.8. The van der Waals surface area contributed by atoms with Crippen LogP contribution in [-0.2, 0) is 4.84 Å². The fourth-order valence-corrected chi connectivity index (χ4v) is 3.85. The molecular weight excluding hydrogens is 260 g/mol. The van der Waals surface area contributed by atoms with E-state index in [9.17, 15) is 0 Å². The number of piperidine rings is 3. The van der Waals surface area contributed by atoms with E-state index in [0.29, 0.717) is 5.92 Å². The zero-order chi connectivity index (χ0) is 12.9. The maximum absolute atomic E-state index is 5.93. The van der Waals surface area contributed by atoms with Crippen LogP contribution in [-0.4, -0.2) is 35.8 Å². The van der Waals surface area contributed by atoms with Crippen molar-refractivity contribution < 1.29 is 4.84 Å². The van der Waals surface area contributed by atoms with E-state index in [4.69, 9.17) is 16.4 Å². The van der Waals surface area contributed by atoms with Crippen LogP contribution in [0.15, 0.2) is 29.4 Å². The fraction of sp³-hybridized carbons (Fsp3) is 0.533. The van der Waals surface area contributed by atoms with E-state index in [2.05, 4.69) is 10.1 Å². The van der Waals surface area contributed by atoms with Gasteiger partial charge in [-0.05, 0) is 43.6 Å². The summed E-state index contributed by atoms with van der Waals surface area (Å²) in [7, 11) is 0. The number of nitrogens with zero attached hydrogens (tertiary/aromatic N) is 2. The van der Waals surface area contributed by atoms with Crippen molar-refractivity contribution in [3.8, 4) is 0 Å². The van der Waals surface area contributed by atoms with Gasteiger partial charge in [-0.1, -0.05) is 28.9 Å². The van der Waals surface area contributed by atoms with Crippen LogP contribution in [0.2, 0.25) is 5.02 Å². The Hall–Kier alpha value is -1.06. The predicted molar refractivity (Wildman–Crippen MR) is 75.6 cm³/mol. The zero-order valence-corrected chi connectivity index (χ0v) is 11.6. The van der Waals surface area contributed by atoms with E-state index >= 15 is 0 Å². The van der Waals surface area contributed by atoms with Crippen LogP contribution in [0, 0.1) is 5.92 Å². The molecule has 1 spiro atoms. The van der Waals surface area contributed by atoms with Gasteiger partial charge in [-0.3, -0.25) is 4.90 Å². The maximum atomic E-state index is 5.93. The number of hydrogen-bond donors (Lipinski definition) is 0. The average molecular weight is 277 g/mol. The Morgan fingerprint density at radius 3 is 2.58 bits per heavy atom. The van der Waals surface area contributed by atoms with E-state index in [0.717, 1.165) is 29.3 Å². The lowest BCUT2D eigenvalue weighted by molar-refractivity contribution is -0.136. The number of hydrogen-bond acceptors (Lipinski definition) is 3. The van der Waals surface area contributed by atoms with Crippen molar-refractivity contribution in [1.82, 2.24) is 4.90 Å². The second-order valence-electron chi connectivity index (χ2n) is 5.93. The van der Waals surface area contributed by atoms with Gasteiger partial charge in [-0.2, -0.15) is 0 Å². The molecule has 3 saturated heterocycles. The lowest BCUT2D eigenvalue weighted by Crippen LogP contribution is -2.59. The van der Waals surface area contributed by atoms with E-state index in [1.807, 2.05) is 24.3 Å². The molecule has 0 amide bonds. The van der Waals surface area contributed by atoms with Crippen LogP contribution in [0.4, 0.5) is 0 Å². The Morgan fingerprint density at radius 1 is 1.21 bits per heavy atom. The van der Waals surface area contributed by atoms with Crippen LogP contribution in [0.5, 0.6) is 0 Å². The van der Waals surface area contributed by atoms with Crippen molar-refractivity contribution in [3.63, 3.8) is 0 Å². The fourth-order valence-electron chi connectivity index (χ4n) is 3.72. The van der Waals surface area contributed by atoms with E-state index in [-0.39, 0.29) is 5.60 Å². The van der Waals surface area contributed by atoms with Crippen molar-refractivity contribution in [1.29, 1.82) is 0 Å². The molecule has 1 aromatic carbocycles. The van der Waals surface area contributed by atoms with Crippen molar-refractivity contribution >= 4 is 17.3 Å². The predicted octanol–water partition coefficient (Wildman–Crippen LogP) is 2.93. The van der Waals surface area contributed by atoms with Crippen LogP contribution >= 0.6 is 11.6 Å². The highest BCUT2D eigenvalue weighted by molar-refractivity contribution is 6.30. The molecule has 3 nitrogen and oxygen atoms in total. The molecule has 0 N–H and O–H groups in total. The molecule has 100 valence electrons. The van der Waals surface area contributed by atoms with Gasteiger partial charge >= 0.3 is 0 Å². The van der Waals surface area contributed by atoms with Gasteiger partial charge < -0.3 is 4.84 Å². The molecular formula is C15H17ClN2O. The molecule has 3 fully saturated rings. The summed E-state index contributed by atoms with van der Waals surface area (Å²) in [5.74, 6) is 0.672. The molecule has 4 aliphatic rings. The highest BCUT2D eigenvalue weighted by atomic mass is 35.5.